The highest BCUT2D eigenvalue weighted by atomic mass is 32.1. The van der Waals surface area contributed by atoms with Gasteiger partial charge in [0.2, 0.25) is 23.6 Å². The van der Waals surface area contributed by atoms with Crippen LogP contribution in [0.25, 0.3) is 10.4 Å². The fourth-order valence-electron chi connectivity index (χ4n) is 8.22. The third kappa shape index (κ3) is 12.5. The number of hydrogen-bond donors (Lipinski definition) is 3. The Morgan fingerprint density at radius 2 is 1.66 bits per heavy atom. The van der Waals surface area contributed by atoms with Gasteiger partial charge in [0.25, 0.3) is 5.91 Å². The molecule has 3 atom stereocenters. The number of nitriles is 1. The standard InChI is InChI=1S/C49H56F4N8O8S2/c1-28-34(61-46(70)60(45(66)48(61,6)7)35-15-14-32(23-54)39(40(35)50)49(51,52)53)16-17-38(57-28)69-19-9-8-18-67-20-21-68-26-37(63)58-42(47(3,4)5)44(65)59-25-33(62)22-36(59)43(64)55-24-30-10-12-31(13-11-30)41-29(2)56-27-71-41/h10-17,27,33,36,42,62H,8-9,18-22,24-26H2,1-7H3,(H,55,64)(H,58,63)/t33-,36+,42-/m1/s1. The Hall–Kier alpha value is -6.12. The fraction of sp³-hybridized carbons (Fsp3) is 0.469. The van der Waals surface area contributed by atoms with Gasteiger partial charge in [-0.2, -0.15) is 18.4 Å². The minimum absolute atomic E-state index is 0.0553. The van der Waals surface area contributed by atoms with Crippen LogP contribution < -0.4 is 25.2 Å². The molecule has 2 aliphatic rings. The molecule has 2 aromatic carbocycles. The van der Waals surface area contributed by atoms with Gasteiger partial charge in [0.05, 0.1) is 70.7 Å². The molecule has 0 radical (unpaired) electrons. The molecular weight excluding hydrogens is 969 g/mol. The number of carbonyl (C=O) groups excluding carboxylic acids is 4. The van der Waals surface area contributed by atoms with Crippen molar-refractivity contribution in [3.8, 4) is 22.4 Å². The van der Waals surface area contributed by atoms with Crippen LogP contribution in [-0.2, 0) is 41.4 Å². The summed E-state index contributed by atoms with van der Waals surface area (Å²) < 4.78 is 73.7. The molecule has 71 heavy (non-hydrogen) atoms. The second kappa shape index (κ2) is 22.5. The summed E-state index contributed by atoms with van der Waals surface area (Å²) in [6.45, 7) is 12.7. The molecule has 4 aromatic rings. The lowest BCUT2D eigenvalue weighted by Crippen LogP contribution is -2.58. The van der Waals surface area contributed by atoms with Crippen LogP contribution in [0.1, 0.15) is 82.0 Å². The van der Waals surface area contributed by atoms with Gasteiger partial charge < -0.3 is 39.8 Å². The molecule has 0 unspecified atom stereocenters. The highest BCUT2D eigenvalue weighted by Gasteiger charge is 2.52. The number of β-amino-alcohol motifs (C(OH)–C–C–N with tert-alkyl or cyclic N) is 1. The molecule has 4 amide bonds. The first-order valence-electron chi connectivity index (χ1n) is 22.7. The van der Waals surface area contributed by atoms with E-state index < -0.39 is 81.6 Å². The molecule has 2 saturated heterocycles. The number of thiazole rings is 1. The van der Waals surface area contributed by atoms with Gasteiger partial charge in [0.15, 0.2) is 10.9 Å². The average Bonchev–Trinajstić information content (AvgIpc) is 3.97. The van der Waals surface area contributed by atoms with Crippen LogP contribution >= 0.6 is 23.6 Å². The van der Waals surface area contributed by atoms with Crippen LogP contribution in [-0.4, -0.2) is 112 Å². The fourth-order valence-corrected chi connectivity index (χ4v) is 9.54. The molecular formula is C49H56F4N8O8S2. The molecule has 6 rings (SSSR count). The minimum Gasteiger partial charge on any atom is -0.478 e. The highest BCUT2D eigenvalue weighted by Crippen LogP contribution is 2.42. The number of halogens is 4. The van der Waals surface area contributed by atoms with E-state index in [1.54, 1.807) is 56.7 Å². The maximum absolute atomic E-state index is 15.4. The lowest BCUT2D eigenvalue weighted by atomic mass is 9.85. The smallest absolute Gasteiger partial charge is 0.420 e. The molecule has 2 aliphatic heterocycles. The van der Waals surface area contributed by atoms with Crippen LogP contribution in [0.3, 0.4) is 0 Å². The predicted octanol–water partition coefficient (Wildman–Crippen LogP) is 6.77. The summed E-state index contributed by atoms with van der Waals surface area (Å²) in [5.41, 5.74) is -0.312. The number of nitrogens with one attached hydrogen (secondary N) is 2. The number of aryl methyl sites for hydroxylation is 2. The summed E-state index contributed by atoms with van der Waals surface area (Å²) in [5.74, 6) is -3.75. The number of rotatable bonds is 19. The number of alkyl halides is 3. The molecule has 380 valence electrons. The van der Waals surface area contributed by atoms with Crippen molar-refractivity contribution in [2.24, 2.45) is 5.41 Å². The average molecular weight is 1030 g/mol. The number of ether oxygens (including phenoxy) is 3. The molecule has 0 bridgehead atoms. The molecule has 4 heterocycles. The maximum atomic E-state index is 15.4. The van der Waals surface area contributed by atoms with Crippen molar-refractivity contribution in [2.75, 3.05) is 49.4 Å². The number of benzene rings is 2. The van der Waals surface area contributed by atoms with Crippen molar-refractivity contribution in [3.05, 3.63) is 87.9 Å². The number of aromatic nitrogens is 2. The number of amides is 4. The number of aliphatic hydroxyl groups is 1. The molecule has 2 fully saturated rings. The molecule has 0 saturated carbocycles. The molecule has 22 heteroatoms. The van der Waals surface area contributed by atoms with Gasteiger partial charge in [-0.1, -0.05) is 45.0 Å². The van der Waals surface area contributed by atoms with Crippen molar-refractivity contribution >= 4 is 63.7 Å². The van der Waals surface area contributed by atoms with Crippen LogP contribution in [0, 0.1) is 36.4 Å². The van der Waals surface area contributed by atoms with Gasteiger partial charge in [-0.05, 0) is 87.5 Å². The topological polar surface area (TPSA) is 200 Å². The summed E-state index contributed by atoms with van der Waals surface area (Å²) >= 11 is 7.09. The van der Waals surface area contributed by atoms with Crippen molar-refractivity contribution in [1.29, 1.82) is 5.26 Å². The summed E-state index contributed by atoms with van der Waals surface area (Å²) in [7, 11) is 0. The van der Waals surface area contributed by atoms with Crippen LogP contribution in [0.5, 0.6) is 5.88 Å². The Balaban J connectivity index is 0.904. The van der Waals surface area contributed by atoms with Gasteiger partial charge in [-0.3, -0.25) is 24.1 Å². The number of likely N-dealkylation sites (tertiary alicyclic amines) is 1. The first-order valence-corrected chi connectivity index (χ1v) is 24.0. The Kier molecular flexibility index (Phi) is 17.2. The summed E-state index contributed by atoms with van der Waals surface area (Å²) in [6, 6.07) is 12.0. The molecule has 0 spiro atoms. The largest absolute Gasteiger partial charge is 0.478 e. The van der Waals surface area contributed by atoms with Gasteiger partial charge in [-0.15, -0.1) is 11.3 Å². The number of hydrogen-bond acceptors (Lipinski definition) is 13. The van der Waals surface area contributed by atoms with E-state index in [1.807, 2.05) is 31.2 Å². The molecule has 16 nitrogen and oxygen atoms in total. The first-order chi connectivity index (χ1) is 33.4. The Morgan fingerprint density at radius 3 is 2.30 bits per heavy atom. The summed E-state index contributed by atoms with van der Waals surface area (Å²) in [5, 5.41) is 25.1. The van der Waals surface area contributed by atoms with E-state index in [1.165, 1.54) is 29.7 Å². The lowest BCUT2D eigenvalue weighted by molar-refractivity contribution is -0.144. The third-order valence-corrected chi connectivity index (χ3v) is 13.3. The number of anilines is 2. The zero-order chi connectivity index (χ0) is 52.0. The van der Waals surface area contributed by atoms with Crippen LogP contribution in [0.4, 0.5) is 28.9 Å². The summed E-state index contributed by atoms with van der Waals surface area (Å²) in [6.07, 6.45) is -4.87. The number of nitrogens with zero attached hydrogens (tertiary/aromatic N) is 6. The third-order valence-electron chi connectivity index (χ3n) is 12.0. The zero-order valence-corrected chi connectivity index (χ0v) is 41.9. The SMILES string of the molecule is Cc1nc(OCCCCOCCOCC(=O)N[C@H](C(=O)N2C[C@H](O)C[C@H]2C(=O)NCc2ccc(-c3scnc3C)cc2)C(C)(C)C)ccc1N1C(=S)N(c2ccc(C#N)c(C(F)(F)F)c2F)C(=O)C1(C)C. The number of pyridine rings is 1. The Labute approximate surface area is 418 Å². The highest BCUT2D eigenvalue weighted by molar-refractivity contribution is 7.81. The van der Waals surface area contributed by atoms with Gasteiger partial charge in [0, 0.05) is 32.2 Å². The van der Waals surface area contributed by atoms with E-state index in [0.717, 1.165) is 33.8 Å². The van der Waals surface area contributed by atoms with E-state index in [9.17, 15) is 42.7 Å². The van der Waals surface area contributed by atoms with Crippen LogP contribution in [0.15, 0.2) is 54.0 Å². The van der Waals surface area contributed by atoms with Crippen molar-refractivity contribution in [2.45, 2.75) is 104 Å². The van der Waals surface area contributed by atoms with Gasteiger partial charge in [0.1, 0.15) is 29.8 Å². The quantitative estimate of drug-likeness (QED) is 0.0506. The van der Waals surface area contributed by atoms with Crippen molar-refractivity contribution < 1.29 is 56.1 Å². The Bertz CT molecular complexity index is 2670. The van der Waals surface area contributed by atoms with Crippen molar-refractivity contribution in [1.82, 2.24) is 25.5 Å². The van der Waals surface area contributed by atoms with Gasteiger partial charge in [-0.25, -0.2) is 14.4 Å². The Morgan fingerprint density at radius 1 is 0.986 bits per heavy atom. The molecule has 3 N–H and O–H groups in total. The van der Waals surface area contributed by atoms with Crippen molar-refractivity contribution in [3.63, 3.8) is 0 Å². The number of thiocarbonyl (C=S) groups is 1. The maximum Gasteiger partial charge on any atom is 0.420 e. The first kappa shape index (κ1) is 54.2. The normalized spacial score (nSPS) is 17.4. The monoisotopic (exact) mass is 1020 g/mol. The number of carbonyl (C=O) groups is 4. The van der Waals surface area contributed by atoms with E-state index in [0.29, 0.717) is 35.7 Å². The second-order valence-electron chi connectivity index (χ2n) is 18.7. The lowest BCUT2D eigenvalue weighted by Gasteiger charge is -2.35. The predicted molar refractivity (Wildman–Crippen MR) is 260 cm³/mol. The van der Waals surface area contributed by atoms with Crippen LogP contribution in [0.2, 0.25) is 0 Å². The summed E-state index contributed by atoms with van der Waals surface area (Å²) in [4.78, 5) is 67.2. The number of unbranched alkanes of at least 4 members (excludes halogenated alkanes) is 1. The zero-order valence-electron chi connectivity index (χ0n) is 40.3. The van der Waals surface area contributed by atoms with E-state index >= 15 is 4.39 Å². The molecule has 2 aromatic heterocycles. The van der Waals surface area contributed by atoms with E-state index in [2.05, 4.69) is 20.6 Å². The minimum atomic E-state index is -5.20. The number of aliphatic hydroxyl groups excluding tert-OH is 1. The van der Waals surface area contributed by atoms with E-state index in [-0.39, 0.29) is 56.9 Å². The molecule has 0 aliphatic carbocycles. The second-order valence-corrected chi connectivity index (χ2v) is 19.9. The van der Waals surface area contributed by atoms with Gasteiger partial charge >= 0.3 is 6.18 Å². The van der Waals surface area contributed by atoms with E-state index in [4.69, 9.17) is 26.4 Å².